The molecule has 162 valence electrons. The second kappa shape index (κ2) is 20.5. The third-order valence-electron chi connectivity index (χ3n) is 4.79. The van der Waals surface area contributed by atoms with Crippen LogP contribution in [0.25, 0.3) is 0 Å². The first-order valence-corrected chi connectivity index (χ1v) is 12.2. The van der Waals surface area contributed by atoms with Crippen LogP contribution in [0.2, 0.25) is 0 Å². The number of carbonyl (C=O) groups excluding carboxylic acids is 1. The molecular weight excluding hydrogens is 385 g/mol. The summed E-state index contributed by atoms with van der Waals surface area (Å²) in [5.41, 5.74) is 0. The summed E-state index contributed by atoms with van der Waals surface area (Å²) in [6, 6.07) is 0. The fourth-order valence-corrected chi connectivity index (χ4v) is 3.93. The summed E-state index contributed by atoms with van der Waals surface area (Å²) in [6.45, 7) is 2.20. The molecule has 1 unspecified atom stereocenters. The van der Waals surface area contributed by atoms with E-state index in [-0.39, 0.29) is 42.5 Å². The van der Waals surface area contributed by atoms with Crippen molar-refractivity contribution in [3.63, 3.8) is 0 Å². The van der Waals surface area contributed by atoms with E-state index in [1.807, 2.05) is 0 Å². The Balaban J connectivity index is 0. The minimum absolute atomic E-state index is 0. The molecule has 0 aliphatic heterocycles. The number of unbranched alkanes of at least 4 members (excludes halogenated alkanes) is 11. The van der Waals surface area contributed by atoms with Crippen molar-refractivity contribution >= 4 is 45.5 Å². The first-order chi connectivity index (χ1) is 12.9. The van der Waals surface area contributed by atoms with Gasteiger partial charge in [-0.1, -0.05) is 70.4 Å². The van der Waals surface area contributed by atoms with Crippen molar-refractivity contribution in [2.24, 2.45) is 0 Å². The molecule has 0 radical (unpaired) electrons. The van der Waals surface area contributed by atoms with Gasteiger partial charge in [-0.15, -0.1) is 0 Å². The number of carbonyl (C=O) groups is 1. The zero-order valence-electron chi connectivity index (χ0n) is 17.4. The van der Waals surface area contributed by atoms with Gasteiger partial charge in [0.2, 0.25) is 0 Å². The van der Waals surface area contributed by atoms with Gasteiger partial charge in [-0.05, 0) is 39.2 Å². The normalized spacial score (nSPS) is 12.8. The van der Waals surface area contributed by atoms with Crippen LogP contribution in [0.1, 0.15) is 96.8 Å². The average molecular weight is 428 g/mol. The third-order valence-corrected chi connectivity index (χ3v) is 5.94. The molecule has 7 heteroatoms. The monoisotopic (exact) mass is 427 g/mol. The number of Topliss-reactive ketones (excluding diaryl/α,β-unsaturated/α-hetero) is 1. The van der Waals surface area contributed by atoms with Crippen LogP contribution in [0.5, 0.6) is 0 Å². The molecule has 1 atom stereocenters. The van der Waals surface area contributed by atoms with Gasteiger partial charge in [0.15, 0.2) is 11.0 Å². The van der Waals surface area contributed by atoms with Crippen LogP contribution < -0.4 is 5.32 Å². The molecule has 0 saturated heterocycles. The zero-order chi connectivity index (χ0) is 20.4. The van der Waals surface area contributed by atoms with Crippen LogP contribution in [-0.2, 0) is 14.9 Å². The van der Waals surface area contributed by atoms with E-state index in [1.165, 1.54) is 44.9 Å². The molecule has 0 aliphatic rings. The van der Waals surface area contributed by atoms with Crippen molar-refractivity contribution < 1.29 is 17.8 Å². The maximum atomic E-state index is 11.9. The molecule has 0 spiro atoms. The van der Waals surface area contributed by atoms with Crippen molar-refractivity contribution in [2.45, 2.75) is 102 Å². The van der Waals surface area contributed by atoms with Crippen LogP contribution in [-0.4, -0.2) is 67.2 Å². The topological polar surface area (TPSA) is 83.5 Å². The van der Waals surface area contributed by atoms with Gasteiger partial charge in [0.25, 0.3) is 10.1 Å². The van der Waals surface area contributed by atoms with Crippen molar-refractivity contribution in [2.75, 3.05) is 13.6 Å². The van der Waals surface area contributed by atoms with Crippen LogP contribution in [0, 0.1) is 0 Å². The van der Waals surface area contributed by atoms with Crippen LogP contribution in [0.3, 0.4) is 0 Å². The molecule has 0 aromatic carbocycles. The number of hydrogen-bond acceptors (Lipinski definition) is 4. The quantitative estimate of drug-likeness (QED) is 0.138. The summed E-state index contributed by atoms with van der Waals surface area (Å²) >= 11 is 0. The molecule has 0 amide bonds. The molecule has 0 rings (SSSR count). The predicted octanol–water partition coefficient (Wildman–Crippen LogP) is 4.42. The van der Waals surface area contributed by atoms with Crippen LogP contribution >= 0.6 is 0 Å². The number of allylic oxidation sites excluding steroid dienone is 2. The molecule has 5 nitrogen and oxygen atoms in total. The zero-order valence-corrected chi connectivity index (χ0v) is 18.2. The molecule has 0 bridgehead atoms. The van der Waals surface area contributed by atoms with E-state index < -0.39 is 21.2 Å². The summed E-state index contributed by atoms with van der Waals surface area (Å²) in [6.07, 6.45) is 20.1. The Kier molecular flexibility index (Phi) is 22.4. The Morgan fingerprint density at radius 3 is 1.82 bits per heavy atom. The van der Waals surface area contributed by atoms with Gasteiger partial charge in [-0.25, -0.2) is 0 Å². The standard InChI is InChI=1S/C21H41NO4S.Na.H/c1-3-4-5-6-7-8-9-10-11-12-13-14-15-16-17-18-20(23)21(19-22-2)27(24,25)26;;/h10-11,21-22H,3-9,12-19H2,1-2H3,(H,24,25,26);;. The van der Waals surface area contributed by atoms with Crippen molar-refractivity contribution in [3.05, 3.63) is 12.2 Å². The fraction of sp³-hybridized carbons (Fsp3) is 0.857. The summed E-state index contributed by atoms with van der Waals surface area (Å²) in [4.78, 5) is 11.9. The van der Waals surface area contributed by atoms with Gasteiger partial charge in [-0.2, -0.15) is 8.42 Å². The van der Waals surface area contributed by atoms with E-state index in [0.717, 1.165) is 32.1 Å². The summed E-state index contributed by atoms with van der Waals surface area (Å²) in [7, 11) is -2.75. The summed E-state index contributed by atoms with van der Waals surface area (Å²) < 4.78 is 31.5. The van der Waals surface area contributed by atoms with Gasteiger partial charge >= 0.3 is 29.6 Å². The SMILES string of the molecule is CCCCCCCCC=CCCCCCCCC(=O)C(CNC)S(=O)(=O)O.[NaH]. The van der Waals surface area contributed by atoms with Crippen molar-refractivity contribution in [3.8, 4) is 0 Å². The van der Waals surface area contributed by atoms with E-state index in [1.54, 1.807) is 7.05 Å². The van der Waals surface area contributed by atoms with Crippen LogP contribution in [0.15, 0.2) is 12.2 Å². The number of nitrogens with one attached hydrogen (secondary N) is 1. The van der Waals surface area contributed by atoms with Crippen molar-refractivity contribution in [1.82, 2.24) is 5.32 Å². The molecule has 0 aliphatic carbocycles. The molecule has 0 aromatic heterocycles. The van der Waals surface area contributed by atoms with E-state index in [9.17, 15) is 13.2 Å². The van der Waals surface area contributed by atoms with Gasteiger partial charge in [0.05, 0.1) is 0 Å². The van der Waals surface area contributed by atoms with E-state index in [0.29, 0.717) is 6.42 Å². The third kappa shape index (κ3) is 18.3. The maximum absolute atomic E-state index is 11.9. The first-order valence-electron chi connectivity index (χ1n) is 10.7. The van der Waals surface area contributed by atoms with E-state index in [4.69, 9.17) is 4.55 Å². The van der Waals surface area contributed by atoms with Gasteiger partial charge < -0.3 is 5.32 Å². The molecule has 2 N–H and O–H groups in total. The first kappa shape index (κ1) is 30.5. The summed E-state index contributed by atoms with van der Waals surface area (Å²) in [5.74, 6) is -0.399. The molecule has 0 fully saturated rings. The Bertz CT molecular complexity index is 495. The van der Waals surface area contributed by atoms with Gasteiger partial charge in [0, 0.05) is 13.0 Å². The number of ketones is 1. The number of hydrogen-bond donors (Lipinski definition) is 2. The Labute approximate surface area is 195 Å². The minimum atomic E-state index is -4.32. The Morgan fingerprint density at radius 1 is 0.893 bits per heavy atom. The predicted molar refractivity (Wildman–Crippen MR) is 121 cm³/mol. The second-order valence-corrected chi connectivity index (χ2v) is 8.96. The molecule has 0 saturated carbocycles. The Morgan fingerprint density at radius 2 is 1.36 bits per heavy atom. The second-order valence-electron chi connectivity index (χ2n) is 7.36. The molecule has 28 heavy (non-hydrogen) atoms. The number of rotatable bonds is 19. The molecule has 0 heterocycles. The van der Waals surface area contributed by atoms with E-state index >= 15 is 0 Å². The average Bonchev–Trinajstić information content (AvgIpc) is 2.61. The molecular formula is C21H42NNaO4S. The van der Waals surface area contributed by atoms with Crippen molar-refractivity contribution in [1.29, 1.82) is 0 Å². The Hall–Kier alpha value is 0.280. The summed E-state index contributed by atoms with van der Waals surface area (Å²) in [5, 5.41) is 1.31. The van der Waals surface area contributed by atoms with Crippen LogP contribution in [0.4, 0.5) is 0 Å². The molecule has 0 aromatic rings. The van der Waals surface area contributed by atoms with Gasteiger partial charge in [0.1, 0.15) is 0 Å². The van der Waals surface area contributed by atoms with E-state index in [2.05, 4.69) is 24.4 Å². The van der Waals surface area contributed by atoms with Gasteiger partial charge in [-0.3, -0.25) is 9.35 Å². The fourth-order valence-electron chi connectivity index (χ4n) is 3.10.